The van der Waals surface area contributed by atoms with Crippen LogP contribution in [0.1, 0.15) is 17.0 Å². The Bertz CT molecular complexity index is 494. The van der Waals surface area contributed by atoms with E-state index in [4.69, 9.17) is 0 Å². The minimum Gasteiger partial charge on any atom is -0.306 e. The highest BCUT2D eigenvalue weighted by atomic mass is 19.4. The highest BCUT2D eigenvalue weighted by Crippen LogP contribution is 2.31. The fourth-order valence-corrected chi connectivity index (χ4v) is 1.52. The predicted octanol–water partition coefficient (Wildman–Crippen LogP) is 1.51. The largest absolute Gasteiger partial charge is 0.416 e. The third-order valence-corrected chi connectivity index (χ3v) is 2.31. The van der Waals surface area contributed by atoms with Crippen molar-refractivity contribution in [1.82, 2.24) is 25.9 Å². The second-order valence-electron chi connectivity index (χ2n) is 3.59. The molecule has 2 rings (SSSR count). The minimum absolute atomic E-state index is 0.0875. The van der Waals surface area contributed by atoms with Crippen molar-refractivity contribution >= 4 is 0 Å². The number of H-pyrrole nitrogens is 1. The summed E-state index contributed by atoms with van der Waals surface area (Å²) in [4.78, 5) is 0. The zero-order valence-corrected chi connectivity index (χ0v) is 9.20. The number of aromatic nitrogens is 4. The maximum Gasteiger partial charge on any atom is 0.416 e. The monoisotopic (exact) mass is 257 g/mol. The number of nitrogens with one attached hydrogen (secondary N) is 2. The zero-order valence-electron chi connectivity index (χ0n) is 9.20. The molecule has 8 heteroatoms. The van der Waals surface area contributed by atoms with Crippen LogP contribution >= 0.6 is 0 Å². The summed E-state index contributed by atoms with van der Waals surface area (Å²) >= 11 is 0. The van der Waals surface area contributed by atoms with Crippen LogP contribution in [0.2, 0.25) is 0 Å². The van der Waals surface area contributed by atoms with Crippen LogP contribution in [-0.2, 0) is 19.3 Å². The Hall–Kier alpha value is -1.96. The SMILES string of the molecule is FC(F)(F)c1ccccc1CNCc1nn[nH]n1. The number of rotatable bonds is 4. The third kappa shape index (κ3) is 3.04. The first-order chi connectivity index (χ1) is 8.57. The lowest BCUT2D eigenvalue weighted by atomic mass is 10.1. The smallest absolute Gasteiger partial charge is 0.306 e. The van der Waals surface area contributed by atoms with Crippen LogP contribution in [-0.4, -0.2) is 20.6 Å². The van der Waals surface area contributed by atoms with Gasteiger partial charge in [0.15, 0.2) is 5.82 Å². The molecular formula is C10H10F3N5. The molecule has 5 nitrogen and oxygen atoms in total. The number of alkyl halides is 3. The van der Waals surface area contributed by atoms with Crippen LogP contribution in [0.15, 0.2) is 24.3 Å². The van der Waals surface area contributed by atoms with E-state index in [1.165, 1.54) is 12.1 Å². The van der Waals surface area contributed by atoms with Crippen molar-refractivity contribution in [3.63, 3.8) is 0 Å². The Morgan fingerprint density at radius 3 is 2.61 bits per heavy atom. The topological polar surface area (TPSA) is 66.5 Å². The van der Waals surface area contributed by atoms with Gasteiger partial charge < -0.3 is 5.32 Å². The third-order valence-electron chi connectivity index (χ3n) is 2.31. The first-order valence-electron chi connectivity index (χ1n) is 5.15. The molecule has 18 heavy (non-hydrogen) atoms. The van der Waals surface area contributed by atoms with Gasteiger partial charge in [0.25, 0.3) is 0 Å². The molecular weight excluding hydrogens is 247 g/mol. The van der Waals surface area contributed by atoms with Gasteiger partial charge in [-0.2, -0.15) is 18.4 Å². The second-order valence-corrected chi connectivity index (χ2v) is 3.59. The molecule has 1 aromatic carbocycles. The summed E-state index contributed by atoms with van der Waals surface area (Å²) in [5.41, 5.74) is -0.445. The summed E-state index contributed by atoms with van der Waals surface area (Å²) in [5.74, 6) is 0.402. The summed E-state index contributed by atoms with van der Waals surface area (Å²) in [6, 6.07) is 5.43. The normalized spacial score (nSPS) is 11.7. The number of aromatic amines is 1. The number of tetrazole rings is 1. The van der Waals surface area contributed by atoms with Crippen molar-refractivity contribution in [2.24, 2.45) is 0 Å². The van der Waals surface area contributed by atoms with Crippen molar-refractivity contribution < 1.29 is 13.2 Å². The Morgan fingerprint density at radius 2 is 1.94 bits per heavy atom. The Kier molecular flexibility index (Phi) is 3.56. The fourth-order valence-electron chi connectivity index (χ4n) is 1.52. The van der Waals surface area contributed by atoms with Gasteiger partial charge in [-0.15, -0.1) is 10.2 Å². The quantitative estimate of drug-likeness (QED) is 0.871. The Morgan fingerprint density at radius 1 is 1.17 bits per heavy atom. The molecule has 0 saturated heterocycles. The van der Waals surface area contributed by atoms with Crippen molar-refractivity contribution in [2.45, 2.75) is 19.3 Å². The predicted molar refractivity (Wildman–Crippen MR) is 56.2 cm³/mol. The highest BCUT2D eigenvalue weighted by molar-refractivity contribution is 5.29. The molecule has 0 saturated carbocycles. The van der Waals surface area contributed by atoms with Crippen LogP contribution in [0.25, 0.3) is 0 Å². The van der Waals surface area contributed by atoms with Crippen molar-refractivity contribution in [3.8, 4) is 0 Å². The van der Waals surface area contributed by atoms with Crippen LogP contribution in [0, 0.1) is 0 Å². The van der Waals surface area contributed by atoms with E-state index in [1.807, 2.05) is 0 Å². The van der Waals surface area contributed by atoms with E-state index in [2.05, 4.69) is 25.9 Å². The molecule has 1 heterocycles. The molecule has 2 N–H and O–H groups in total. The van der Waals surface area contributed by atoms with Gasteiger partial charge in [0.1, 0.15) is 0 Å². The molecule has 0 aliphatic carbocycles. The maximum atomic E-state index is 12.7. The van der Waals surface area contributed by atoms with Gasteiger partial charge in [0, 0.05) is 6.54 Å². The van der Waals surface area contributed by atoms with E-state index >= 15 is 0 Å². The molecule has 1 aromatic heterocycles. The van der Waals surface area contributed by atoms with Crippen LogP contribution in [0.3, 0.4) is 0 Å². The van der Waals surface area contributed by atoms with E-state index in [9.17, 15) is 13.2 Å². The van der Waals surface area contributed by atoms with E-state index in [-0.39, 0.29) is 18.7 Å². The number of nitrogens with zero attached hydrogens (tertiary/aromatic N) is 3. The van der Waals surface area contributed by atoms with Crippen molar-refractivity contribution in [3.05, 3.63) is 41.2 Å². The molecule has 0 unspecified atom stereocenters. The molecule has 0 bridgehead atoms. The zero-order chi connectivity index (χ0) is 13.0. The Balaban J connectivity index is 2.01. The lowest BCUT2D eigenvalue weighted by Gasteiger charge is -2.12. The van der Waals surface area contributed by atoms with Gasteiger partial charge in [-0.05, 0) is 11.6 Å². The summed E-state index contributed by atoms with van der Waals surface area (Å²) in [6.45, 7) is 0.340. The lowest BCUT2D eigenvalue weighted by molar-refractivity contribution is -0.138. The van der Waals surface area contributed by atoms with Crippen molar-refractivity contribution in [2.75, 3.05) is 0 Å². The molecule has 0 amide bonds. The van der Waals surface area contributed by atoms with Gasteiger partial charge in [-0.3, -0.25) is 0 Å². The first-order valence-corrected chi connectivity index (χ1v) is 5.15. The van der Waals surface area contributed by atoms with Crippen LogP contribution in [0.4, 0.5) is 13.2 Å². The van der Waals surface area contributed by atoms with Crippen LogP contribution in [0.5, 0.6) is 0 Å². The van der Waals surface area contributed by atoms with Gasteiger partial charge >= 0.3 is 6.18 Å². The summed E-state index contributed by atoms with van der Waals surface area (Å²) in [5, 5.41) is 15.8. The molecule has 0 aliphatic heterocycles. The van der Waals surface area contributed by atoms with Gasteiger partial charge in [-0.1, -0.05) is 23.4 Å². The minimum atomic E-state index is -4.34. The molecule has 0 aliphatic rings. The van der Waals surface area contributed by atoms with Crippen molar-refractivity contribution in [1.29, 1.82) is 0 Å². The first kappa shape index (κ1) is 12.5. The Labute approximate surface area is 100 Å². The molecule has 0 spiro atoms. The summed E-state index contributed by atoms with van der Waals surface area (Å²) < 4.78 is 38.0. The van der Waals surface area contributed by atoms with Crippen LogP contribution < -0.4 is 5.32 Å². The summed E-state index contributed by atoms with van der Waals surface area (Å²) in [7, 11) is 0. The highest BCUT2D eigenvalue weighted by Gasteiger charge is 2.32. The van der Waals surface area contributed by atoms with E-state index in [0.717, 1.165) is 6.07 Å². The number of hydrogen-bond acceptors (Lipinski definition) is 4. The maximum absolute atomic E-state index is 12.7. The standard InChI is InChI=1S/C10H10F3N5/c11-10(12,13)8-4-2-1-3-7(8)5-14-6-9-15-17-18-16-9/h1-4,14H,5-6H2,(H,15,16,17,18). The number of hydrogen-bond donors (Lipinski definition) is 2. The van der Waals surface area contributed by atoms with Gasteiger partial charge in [0.2, 0.25) is 0 Å². The molecule has 2 aromatic rings. The summed E-state index contributed by atoms with van der Waals surface area (Å²) in [6.07, 6.45) is -4.34. The average Bonchev–Trinajstić information content (AvgIpc) is 2.81. The lowest BCUT2D eigenvalue weighted by Crippen LogP contribution is -2.17. The van der Waals surface area contributed by atoms with E-state index in [1.54, 1.807) is 6.07 Å². The second kappa shape index (κ2) is 5.13. The molecule has 0 atom stereocenters. The number of benzene rings is 1. The molecule has 96 valence electrons. The van der Waals surface area contributed by atoms with Gasteiger partial charge in [0.05, 0.1) is 12.1 Å². The molecule has 0 fully saturated rings. The fraction of sp³-hybridized carbons (Fsp3) is 0.300. The average molecular weight is 257 g/mol. The number of halogens is 3. The van der Waals surface area contributed by atoms with E-state index in [0.29, 0.717) is 5.82 Å². The van der Waals surface area contributed by atoms with Gasteiger partial charge in [-0.25, -0.2) is 0 Å². The van der Waals surface area contributed by atoms with E-state index < -0.39 is 11.7 Å². The molecule has 0 radical (unpaired) electrons.